The van der Waals surface area contributed by atoms with Gasteiger partial charge in [-0.3, -0.25) is 0 Å². The molecule has 9 heavy (non-hydrogen) atoms. The zero-order valence-corrected chi connectivity index (χ0v) is 5.35. The lowest BCUT2D eigenvalue weighted by Gasteiger charge is -1.89. The number of rotatable bonds is 4. The van der Waals surface area contributed by atoms with Gasteiger partial charge in [-0.05, 0) is 0 Å². The summed E-state index contributed by atoms with van der Waals surface area (Å²) >= 11 is 0. The number of sulfone groups is 1. The van der Waals surface area contributed by atoms with Crippen molar-refractivity contribution in [2.75, 3.05) is 11.8 Å². The van der Waals surface area contributed by atoms with E-state index in [0.717, 1.165) is 0 Å². The van der Waals surface area contributed by atoms with E-state index in [1.54, 1.807) is 0 Å². The van der Waals surface area contributed by atoms with Crippen LogP contribution in [0.4, 0.5) is 0 Å². The molecule has 0 heterocycles. The molecule has 0 amide bonds. The van der Waals surface area contributed by atoms with Crippen LogP contribution in [0.15, 0.2) is 10.2 Å². The molecule has 0 bridgehead atoms. The average Bonchev–Trinajstić information content (AvgIpc) is 1.64. The van der Waals surface area contributed by atoms with Crippen LogP contribution in [0.1, 0.15) is 0 Å². The molecule has 0 spiro atoms. The Morgan fingerprint density at radius 1 is 1.11 bits per heavy atom. The second-order valence-electron chi connectivity index (χ2n) is 1.32. The number of nitrogens with zero attached hydrogens (tertiary/aromatic N) is 2. The van der Waals surface area contributed by atoms with Crippen molar-refractivity contribution in [3.63, 3.8) is 0 Å². The Bertz CT molecular complexity index is 179. The fourth-order valence-electron chi connectivity index (χ4n) is 0.238. The summed E-state index contributed by atoms with van der Waals surface area (Å²) in [6.45, 7) is 0. The largest absolute Gasteiger partial charge is 0.225 e. The van der Waals surface area contributed by atoms with Crippen molar-refractivity contribution in [1.29, 1.82) is 11.1 Å². The second-order valence-corrected chi connectivity index (χ2v) is 3.32. The van der Waals surface area contributed by atoms with Gasteiger partial charge in [0.15, 0.2) is 21.6 Å². The van der Waals surface area contributed by atoms with Gasteiger partial charge in [0.25, 0.3) is 0 Å². The molecule has 0 aliphatic rings. The van der Waals surface area contributed by atoms with E-state index >= 15 is 0 Å². The monoisotopic (exact) mass is 150 g/mol. The van der Waals surface area contributed by atoms with E-state index in [9.17, 15) is 8.42 Å². The Hall–Kier alpha value is -0.850. The molecule has 0 saturated heterocycles. The molecule has 0 aliphatic carbocycles. The van der Waals surface area contributed by atoms with E-state index in [1.807, 2.05) is 0 Å². The third-order valence-electron chi connectivity index (χ3n) is 0.522. The van der Waals surface area contributed by atoms with Gasteiger partial charge in [-0.15, -0.1) is 0 Å². The van der Waals surface area contributed by atoms with Crippen LogP contribution in [0.3, 0.4) is 0 Å². The van der Waals surface area contributed by atoms with E-state index in [1.165, 1.54) is 0 Å². The van der Waals surface area contributed by atoms with E-state index < -0.39 is 21.6 Å². The number of hydrogen-bond donors (Lipinski definition) is 2. The Labute approximate surface area is 52.2 Å². The molecular formula is C2H6N4O2S. The summed E-state index contributed by atoms with van der Waals surface area (Å²) in [7, 11) is -3.39. The third kappa shape index (κ3) is 3.71. The molecule has 0 atom stereocenters. The fourth-order valence-corrected chi connectivity index (χ4v) is 0.713. The minimum atomic E-state index is -3.39. The van der Waals surface area contributed by atoms with Crippen molar-refractivity contribution in [3.8, 4) is 0 Å². The van der Waals surface area contributed by atoms with Gasteiger partial charge >= 0.3 is 0 Å². The quantitative estimate of drug-likeness (QED) is 0.565. The molecule has 0 radical (unpaired) electrons. The van der Waals surface area contributed by atoms with Crippen LogP contribution in [-0.2, 0) is 9.84 Å². The first-order valence-electron chi connectivity index (χ1n) is 1.99. The Kier molecular flexibility index (Phi) is 2.93. The zero-order valence-electron chi connectivity index (χ0n) is 4.53. The first-order chi connectivity index (χ1) is 4.12. The van der Waals surface area contributed by atoms with Gasteiger partial charge in [0, 0.05) is 0 Å². The van der Waals surface area contributed by atoms with Crippen LogP contribution in [0, 0.1) is 11.1 Å². The van der Waals surface area contributed by atoms with Gasteiger partial charge in [0.05, 0.1) is 0 Å². The van der Waals surface area contributed by atoms with Crippen molar-refractivity contribution in [1.82, 2.24) is 0 Å². The summed E-state index contributed by atoms with van der Waals surface area (Å²) in [4.78, 5) is 0. The predicted octanol–water partition coefficient (Wildman–Crippen LogP) is 0.378. The van der Waals surface area contributed by atoms with Crippen LogP contribution >= 0.6 is 0 Å². The first kappa shape index (κ1) is 8.15. The molecule has 6 nitrogen and oxygen atoms in total. The summed E-state index contributed by atoms with van der Waals surface area (Å²) in [5.41, 5.74) is 12.4. The molecule has 0 aromatic rings. The second kappa shape index (κ2) is 3.23. The minimum Gasteiger partial charge on any atom is -0.225 e. The van der Waals surface area contributed by atoms with E-state index in [0.29, 0.717) is 0 Å². The molecule has 0 aliphatic heterocycles. The smallest absolute Gasteiger partial charge is 0.194 e. The topological polar surface area (TPSA) is 107 Å². The van der Waals surface area contributed by atoms with Crippen molar-refractivity contribution in [3.05, 3.63) is 0 Å². The van der Waals surface area contributed by atoms with Crippen molar-refractivity contribution < 1.29 is 8.42 Å². The molecule has 0 saturated carbocycles. The molecule has 0 rings (SSSR count). The van der Waals surface area contributed by atoms with Gasteiger partial charge in [-0.1, -0.05) is 0 Å². The molecule has 0 fully saturated rings. The van der Waals surface area contributed by atoms with Gasteiger partial charge in [0.2, 0.25) is 0 Å². The Balaban J connectivity index is 4.03. The maximum Gasteiger partial charge on any atom is 0.194 e. The number of hydrogen-bond acceptors (Lipinski definition) is 6. The van der Waals surface area contributed by atoms with Crippen LogP contribution in [-0.4, -0.2) is 20.2 Å². The summed E-state index contributed by atoms with van der Waals surface area (Å²) in [6, 6.07) is 0. The highest BCUT2D eigenvalue weighted by molar-refractivity contribution is 7.91. The van der Waals surface area contributed by atoms with Gasteiger partial charge in [0.1, 0.15) is 0 Å². The maximum absolute atomic E-state index is 10.4. The van der Waals surface area contributed by atoms with Gasteiger partial charge in [-0.2, -0.15) is 10.2 Å². The van der Waals surface area contributed by atoms with Gasteiger partial charge in [-0.25, -0.2) is 19.5 Å². The molecular weight excluding hydrogens is 144 g/mol. The fraction of sp³-hybridized carbons (Fsp3) is 1.00. The standard InChI is InChI=1S/C2H6N4O2S/c3-5-1-9(7,8)2-6-4/h3-4H,1-2H2. The summed E-state index contributed by atoms with van der Waals surface area (Å²) in [6.07, 6.45) is 0. The molecule has 2 N–H and O–H groups in total. The van der Waals surface area contributed by atoms with Gasteiger partial charge < -0.3 is 0 Å². The lowest BCUT2D eigenvalue weighted by molar-refractivity contribution is 0.593. The van der Waals surface area contributed by atoms with Crippen LogP contribution in [0.5, 0.6) is 0 Å². The van der Waals surface area contributed by atoms with Crippen molar-refractivity contribution in [2.24, 2.45) is 10.2 Å². The molecule has 0 aromatic carbocycles. The zero-order chi connectivity index (χ0) is 7.33. The van der Waals surface area contributed by atoms with Crippen LogP contribution in [0.25, 0.3) is 0 Å². The highest BCUT2D eigenvalue weighted by Crippen LogP contribution is 1.89. The summed E-state index contributed by atoms with van der Waals surface area (Å²) < 4.78 is 20.8. The van der Waals surface area contributed by atoms with E-state index in [-0.39, 0.29) is 0 Å². The third-order valence-corrected chi connectivity index (χ3v) is 1.57. The average molecular weight is 150 g/mol. The lowest BCUT2D eigenvalue weighted by atomic mass is 11.5. The van der Waals surface area contributed by atoms with Crippen molar-refractivity contribution >= 4 is 9.84 Å². The molecule has 7 heteroatoms. The maximum atomic E-state index is 10.4. The van der Waals surface area contributed by atoms with Crippen LogP contribution < -0.4 is 0 Å². The highest BCUT2D eigenvalue weighted by atomic mass is 32.2. The molecule has 0 aromatic heterocycles. The first-order valence-corrected chi connectivity index (χ1v) is 3.81. The summed E-state index contributed by atoms with van der Waals surface area (Å²) in [5, 5.41) is 5.29. The Morgan fingerprint density at radius 3 is 1.67 bits per heavy atom. The predicted molar refractivity (Wildman–Crippen MR) is 28.9 cm³/mol. The molecule has 0 unspecified atom stereocenters. The highest BCUT2D eigenvalue weighted by Gasteiger charge is 2.06. The van der Waals surface area contributed by atoms with Crippen molar-refractivity contribution in [2.45, 2.75) is 0 Å². The van der Waals surface area contributed by atoms with E-state index in [2.05, 4.69) is 10.2 Å². The summed E-state index contributed by atoms with van der Waals surface area (Å²) in [5.74, 6) is -1.15. The SMILES string of the molecule is N=NCS(=O)(=O)CN=N. The van der Waals surface area contributed by atoms with Crippen LogP contribution in [0.2, 0.25) is 0 Å². The lowest BCUT2D eigenvalue weighted by Crippen LogP contribution is -2.06. The van der Waals surface area contributed by atoms with E-state index in [4.69, 9.17) is 11.1 Å². The number of nitrogens with one attached hydrogen (secondary N) is 2. The molecule has 52 valence electrons. The normalized spacial score (nSPS) is 10.7. The Morgan fingerprint density at radius 2 is 1.44 bits per heavy atom. The minimum absolute atomic E-state index is 0.574.